The SMILES string of the molecule is CC(Br)C(C)Cc1cn2ccsc2n1. The number of halogens is 1. The van der Waals surface area contributed by atoms with Crippen molar-refractivity contribution < 1.29 is 0 Å². The van der Waals surface area contributed by atoms with Crippen molar-refractivity contribution in [2.75, 3.05) is 0 Å². The molecule has 2 rings (SSSR count). The molecule has 2 aromatic rings. The summed E-state index contributed by atoms with van der Waals surface area (Å²) in [5, 5.41) is 2.06. The molecule has 0 N–H and O–H groups in total. The molecule has 4 heteroatoms. The first kappa shape index (κ1) is 10.2. The zero-order valence-electron chi connectivity index (χ0n) is 8.27. The van der Waals surface area contributed by atoms with E-state index in [9.17, 15) is 0 Å². The zero-order valence-corrected chi connectivity index (χ0v) is 10.7. The summed E-state index contributed by atoms with van der Waals surface area (Å²) in [6.07, 6.45) is 5.22. The van der Waals surface area contributed by atoms with Crippen LogP contribution in [-0.2, 0) is 6.42 Å². The van der Waals surface area contributed by atoms with Crippen LogP contribution in [-0.4, -0.2) is 14.2 Å². The van der Waals surface area contributed by atoms with Gasteiger partial charge in [0.2, 0.25) is 0 Å². The van der Waals surface area contributed by atoms with E-state index in [1.807, 2.05) is 0 Å². The number of fused-ring (bicyclic) bond motifs is 1. The maximum Gasteiger partial charge on any atom is 0.193 e. The first-order valence-electron chi connectivity index (χ1n) is 4.72. The normalized spacial score (nSPS) is 15.9. The molecule has 0 bridgehead atoms. The molecule has 0 radical (unpaired) electrons. The highest BCUT2D eigenvalue weighted by Gasteiger charge is 2.11. The largest absolute Gasteiger partial charge is 0.297 e. The standard InChI is InChI=1S/C10H13BrN2S/c1-7(8(2)11)5-9-6-13-3-4-14-10(13)12-9/h3-4,6-8H,5H2,1-2H3. The summed E-state index contributed by atoms with van der Waals surface area (Å²) < 4.78 is 2.09. The van der Waals surface area contributed by atoms with Gasteiger partial charge < -0.3 is 0 Å². The number of thiazole rings is 1. The average molecular weight is 273 g/mol. The highest BCUT2D eigenvalue weighted by Crippen LogP contribution is 2.18. The predicted octanol–water partition coefficient (Wildman–Crippen LogP) is 3.36. The second kappa shape index (κ2) is 4.03. The van der Waals surface area contributed by atoms with E-state index < -0.39 is 0 Å². The van der Waals surface area contributed by atoms with Crippen LogP contribution in [0.3, 0.4) is 0 Å². The smallest absolute Gasteiger partial charge is 0.193 e. The fourth-order valence-corrected chi connectivity index (χ4v) is 2.27. The maximum atomic E-state index is 4.56. The fraction of sp³-hybridized carbons (Fsp3) is 0.500. The molecule has 0 aromatic carbocycles. The van der Waals surface area contributed by atoms with Crippen LogP contribution in [0.2, 0.25) is 0 Å². The quantitative estimate of drug-likeness (QED) is 0.784. The lowest BCUT2D eigenvalue weighted by molar-refractivity contribution is 0.574. The third-order valence-electron chi connectivity index (χ3n) is 2.46. The van der Waals surface area contributed by atoms with Gasteiger partial charge in [-0.3, -0.25) is 4.40 Å². The van der Waals surface area contributed by atoms with E-state index >= 15 is 0 Å². The Bertz CT molecular complexity index is 390. The summed E-state index contributed by atoms with van der Waals surface area (Å²) in [4.78, 5) is 6.19. The van der Waals surface area contributed by atoms with Crippen LogP contribution in [0.25, 0.3) is 4.96 Å². The minimum atomic E-state index is 0.544. The molecule has 14 heavy (non-hydrogen) atoms. The number of hydrogen-bond acceptors (Lipinski definition) is 2. The molecule has 2 nitrogen and oxygen atoms in total. The van der Waals surface area contributed by atoms with E-state index in [0.717, 1.165) is 11.4 Å². The van der Waals surface area contributed by atoms with E-state index in [0.29, 0.717) is 10.7 Å². The van der Waals surface area contributed by atoms with E-state index in [1.54, 1.807) is 11.3 Å². The van der Waals surface area contributed by atoms with Crippen LogP contribution >= 0.6 is 27.3 Å². The Kier molecular flexibility index (Phi) is 2.93. The summed E-state index contributed by atoms with van der Waals surface area (Å²) in [5.41, 5.74) is 1.19. The molecule has 76 valence electrons. The topological polar surface area (TPSA) is 17.3 Å². The molecule has 0 aliphatic rings. The molecule has 0 fully saturated rings. The molecule has 2 atom stereocenters. The van der Waals surface area contributed by atoms with Crippen molar-refractivity contribution >= 4 is 32.2 Å². The highest BCUT2D eigenvalue weighted by molar-refractivity contribution is 9.09. The molecule has 2 unspecified atom stereocenters. The van der Waals surface area contributed by atoms with Gasteiger partial charge in [0.15, 0.2) is 4.96 Å². The van der Waals surface area contributed by atoms with Crippen LogP contribution in [0.5, 0.6) is 0 Å². The van der Waals surface area contributed by atoms with Gasteiger partial charge in [0.25, 0.3) is 0 Å². The monoisotopic (exact) mass is 272 g/mol. The number of nitrogens with zero attached hydrogens (tertiary/aromatic N) is 2. The third-order valence-corrected chi connectivity index (χ3v) is 4.13. The highest BCUT2D eigenvalue weighted by atomic mass is 79.9. The number of alkyl halides is 1. The van der Waals surface area contributed by atoms with Gasteiger partial charge >= 0.3 is 0 Å². The molecule has 0 amide bonds. The number of hydrogen-bond donors (Lipinski definition) is 0. The van der Waals surface area contributed by atoms with Crippen molar-refractivity contribution in [1.29, 1.82) is 0 Å². The van der Waals surface area contributed by atoms with Crippen molar-refractivity contribution in [3.63, 3.8) is 0 Å². The van der Waals surface area contributed by atoms with Gasteiger partial charge in [0.1, 0.15) is 0 Å². The van der Waals surface area contributed by atoms with Crippen LogP contribution < -0.4 is 0 Å². The van der Waals surface area contributed by atoms with Crippen LogP contribution in [0, 0.1) is 5.92 Å². The van der Waals surface area contributed by atoms with E-state index in [4.69, 9.17) is 0 Å². The van der Waals surface area contributed by atoms with Crippen molar-refractivity contribution in [2.24, 2.45) is 5.92 Å². The summed E-state index contributed by atoms with van der Waals surface area (Å²) in [5.74, 6) is 0.625. The average Bonchev–Trinajstić information content (AvgIpc) is 2.63. The van der Waals surface area contributed by atoms with Gasteiger partial charge in [0.05, 0.1) is 5.69 Å². The van der Waals surface area contributed by atoms with Crippen LogP contribution in [0.4, 0.5) is 0 Å². The lowest BCUT2D eigenvalue weighted by atomic mass is 10.0. The summed E-state index contributed by atoms with van der Waals surface area (Å²) in [7, 11) is 0. The molecule has 2 heterocycles. The Morgan fingerprint density at radius 3 is 3.00 bits per heavy atom. The molecular weight excluding hydrogens is 260 g/mol. The van der Waals surface area contributed by atoms with Gasteiger partial charge in [-0.1, -0.05) is 29.8 Å². The fourth-order valence-electron chi connectivity index (χ4n) is 1.37. The summed E-state index contributed by atoms with van der Waals surface area (Å²) >= 11 is 5.28. The molecule has 2 aromatic heterocycles. The predicted molar refractivity (Wildman–Crippen MR) is 64.3 cm³/mol. The summed E-state index contributed by atoms with van der Waals surface area (Å²) in [6, 6.07) is 0. The Hall–Kier alpha value is -0.350. The first-order chi connectivity index (χ1) is 6.66. The number of rotatable bonds is 3. The second-order valence-electron chi connectivity index (χ2n) is 3.68. The molecular formula is C10H13BrN2S. The molecule has 0 saturated carbocycles. The van der Waals surface area contributed by atoms with Gasteiger partial charge in [-0.15, -0.1) is 11.3 Å². The Morgan fingerprint density at radius 1 is 1.57 bits per heavy atom. The van der Waals surface area contributed by atoms with Gasteiger partial charge in [-0.05, 0) is 12.3 Å². The van der Waals surface area contributed by atoms with Crippen LogP contribution in [0.1, 0.15) is 19.5 Å². The van der Waals surface area contributed by atoms with Gasteiger partial charge in [-0.2, -0.15) is 0 Å². The van der Waals surface area contributed by atoms with E-state index in [1.165, 1.54) is 5.69 Å². The minimum Gasteiger partial charge on any atom is -0.297 e. The van der Waals surface area contributed by atoms with E-state index in [2.05, 4.69) is 56.9 Å². The van der Waals surface area contributed by atoms with Crippen molar-refractivity contribution in [2.45, 2.75) is 25.1 Å². The Morgan fingerprint density at radius 2 is 2.36 bits per heavy atom. The number of imidazole rings is 1. The molecule has 0 spiro atoms. The molecule has 0 aliphatic carbocycles. The minimum absolute atomic E-state index is 0.544. The Labute approximate surface area is 96.1 Å². The van der Waals surface area contributed by atoms with Gasteiger partial charge in [0, 0.05) is 22.6 Å². The van der Waals surface area contributed by atoms with Crippen LogP contribution in [0.15, 0.2) is 17.8 Å². The lowest BCUT2D eigenvalue weighted by Gasteiger charge is -2.11. The van der Waals surface area contributed by atoms with Crippen molar-refractivity contribution in [3.8, 4) is 0 Å². The lowest BCUT2D eigenvalue weighted by Crippen LogP contribution is -2.09. The molecule has 0 saturated heterocycles. The van der Waals surface area contributed by atoms with Gasteiger partial charge in [-0.25, -0.2) is 4.98 Å². The number of aromatic nitrogens is 2. The first-order valence-corrected chi connectivity index (χ1v) is 6.51. The second-order valence-corrected chi connectivity index (χ2v) is 6.00. The Balaban J connectivity index is 2.15. The molecule has 0 aliphatic heterocycles. The third kappa shape index (κ3) is 2.01. The maximum absolute atomic E-state index is 4.56. The summed E-state index contributed by atoms with van der Waals surface area (Å²) in [6.45, 7) is 4.43. The van der Waals surface area contributed by atoms with E-state index in [-0.39, 0.29) is 0 Å². The van der Waals surface area contributed by atoms with Crippen molar-refractivity contribution in [1.82, 2.24) is 9.38 Å². The van der Waals surface area contributed by atoms with Crippen molar-refractivity contribution in [3.05, 3.63) is 23.5 Å². The zero-order chi connectivity index (χ0) is 10.1.